The number of likely N-dealkylation sites (tertiary alicyclic amines) is 1. The number of nitrogens with one attached hydrogen (secondary N) is 1. The third kappa shape index (κ3) is 3.47. The van der Waals surface area contributed by atoms with E-state index in [1.807, 2.05) is 13.8 Å². The lowest BCUT2D eigenvalue weighted by molar-refractivity contribution is -0.153. The first-order valence-electron chi connectivity index (χ1n) is 9.98. The summed E-state index contributed by atoms with van der Waals surface area (Å²) in [5, 5.41) is 12.0. The molecule has 0 aromatic heterocycles. The number of hydrogen-bond donors (Lipinski definition) is 2. The second kappa shape index (κ2) is 8.52. The fourth-order valence-corrected chi connectivity index (χ4v) is 8.54. The highest BCUT2D eigenvalue weighted by molar-refractivity contribution is 9.09. The molecule has 2 N–H and O–H groups in total. The summed E-state index contributed by atoms with van der Waals surface area (Å²) in [7, 11) is 0. The van der Waals surface area contributed by atoms with E-state index in [0.717, 1.165) is 0 Å². The molecule has 158 valence electrons. The third-order valence-corrected chi connectivity index (χ3v) is 9.05. The number of thioether (sulfide) groups is 1. The van der Waals surface area contributed by atoms with Crippen LogP contribution in [0.2, 0.25) is 0 Å². The quantitative estimate of drug-likeness (QED) is 0.311. The Balaban J connectivity index is 1.98. The zero-order chi connectivity index (χ0) is 20.6. The lowest BCUT2D eigenvalue weighted by atomic mass is 9.71. The Morgan fingerprint density at radius 2 is 2.14 bits per heavy atom. The highest BCUT2D eigenvalue weighted by Crippen LogP contribution is 2.67. The largest absolute Gasteiger partial charge is 0.466 e. The molecule has 3 aliphatic rings. The van der Waals surface area contributed by atoms with Crippen molar-refractivity contribution in [3.8, 4) is 0 Å². The maximum Gasteiger partial charge on any atom is 0.310 e. The van der Waals surface area contributed by atoms with Gasteiger partial charge in [-0.2, -0.15) is 0 Å². The van der Waals surface area contributed by atoms with E-state index < -0.39 is 22.6 Å². The van der Waals surface area contributed by atoms with Gasteiger partial charge in [0.15, 0.2) is 0 Å². The second-order valence-electron chi connectivity index (χ2n) is 8.04. The van der Waals surface area contributed by atoms with Gasteiger partial charge in [0.1, 0.15) is 6.04 Å². The fraction of sp³-hybridized carbons (Fsp3) is 0.842. The summed E-state index contributed by atoms with van der Waals surface area (Å²) in [6.45, 7) is 6.27. The first-order valence-corrected chi connectivity index (χ1v) is 11.8. The van der Waals surface area contributed by atoms with Crippen molar-refractivity contribution < 1.29 is 24.2 Å². The van der Waals surface area contributed by atoms with Crippen LogP contribution in [0.15, 0.2) is 0 Å². The normalized spacial score (nSPS) is 36.1. The number of esters is 1. The third-order valence-electron chi connectivity index (χ3n) is 5.83. The minimum atomic E-state index is -0.620. The maximum atomic E-state index is 13.4. The first kappa shape index (κ1) is 21.9. The number of unbranched alkanes of at least 4 members (excludes halogenated alkanes) is 1. The van der Waals surface area contributed by atoms with Gasteiger partial charge in [-0.05, 0) is 40.0 Å². The lowest BCUT2D eigenvalue weighted by Gasteiger charge is -2.35. The summed E-state index contributed by atoms with van der Waals surface area (Å²) < 4.78 is 4.68. The van der Waals surface area contributed by atoms with E-state index in [1.54, 1.807) is 23.6 Å². The SMILES string of the molecule is CCOC(=O)[C@H]1[C@H]2C(=O)N(CCCCO)C(C(=O)NC(C)C)C23CC(Br)[C@@H]1S3. The summed E-state index contributed by atoms with van der Waals surface area (Å²) in [5.41, 5.74) is 0. The second-order valence-corrected chi connectivity index (χ2v) is 10.8. The van der Waals surface area contributed by atoms with Crippen molar-refractivity contribution >= 4 is 45.5 Å². The van der Waals surface area contributed by atoms with Crippen LogP contribution in [0.4, 0.5) is 0 Å². The number of nitrogens with zero attached hydrogens (tertiary/aromatic N) is 1. The summed E-state index contributed by atoms with van der Waals surface area (Å²) in [6, 6.07) is -0.651. The molecule has 0 saturated carbocycles. The zero-order valence-corrected chi connectivity index (χ0v) is 18.9. The molecule has 2 amide bonds. The van der Waals surface area contributed by atoms with E-state index in [0.29, 0.717) is 25.8 Å². The van der Waals surface area contributed by atoms with Crippen molar-refractivity contribution in [2.45, 2.75) is 66.9 Å². The summed E-state index contributed by atoms with van der Waals surface area (Å²) in [4.78, 5) is 41.1. The monoisotopic (exact) mass is 476 g/mol. The topological polar surface area (TPSA) is 95.9 Å². The van der Waals surface area contributed by atoms with Crippen molar-refractivity contribution in [1.82, 2.24) is 10.2 Å². The van der Waals surface area contributed by atoms with Gasteiger partial charge in [0.25, 0.3) is 0 Å². The molecule has 3 aliphatic heterocycles. The number of aliphatic hydroxyl groups is 1. The number of amides is 2. The highest BCUT2D eigenvalue weighted by Gasteiger charge is 2.75. The Labute approximate surface area is 178 Å². The Kier molecular flexibility index (Phi) is 6.66. The molecular weight excluding hydrogens is 448 g/mol. The molecule has 28 heavy (non-hydrogen) atoms. The highest BCUT2D eigenvalue weighted by atomic mass is 79.9. The van der Waals surface area contributed by atoms with Gasteiger partial charge in [0, 0.05) is 29.3 Å². The van der Waals surface area contributed by atoms with Gasteiger partial charge < -0.3 is 20.1 Å². The van der Waals surface area contributed by atoms with Crippen LogP contribution in [0.1, 0.15) is 40.0 Å². The van der Waals surface area contributed by atoms with Gasteiger partial charge in [-0.15, -0.1) is 11.8 Å². The smallest absolute Gasteiger partial charge is 0.310 e. The van der Waals surface area contributed by atoms with E-state index in [1.165, 1.54) is 0 Å². The van der Waals surface area contributed by atoms with Gasteiger partial charge in [-0.1, -0.05) is 15.9 Å². The average Bonchev–Trinajstić information content (AvgIpc) is 3.19. The van der Waals surface area contributed by atoms with Gasteiger partial charge >= 0.3 is 5.97 Å². The molecule has 3 saturated heterocycles. The number of ether oxygens (including phenoxy) is 1. The van der Waals surface area contributed by atoms with E-state index >= 15 is 0 Å². The molecule has 7 nitrogen and oxygen atoms in total. The van der Waals surface area contributed by atoms with Crippen molar-refractivity contribution in [2.24, 2.45) is 11.8 Å². The molecule has 3 unspecified atom stereocenters. The Hall–Kier alpha value is -0.800. The van der Waals surface area contributed by atoms with Crippen LogP contribution in [-0.4, -0.2) is 74.5 Å². The molecule has 0 aromatic rings. The van der Waals surface area contributed by atoms with E-state index in [2.05, 4.69) is 21.2 Å². The number of fused-ring (bicyclic) bond motifs is 1. The van der Waals surface area contributed by atoms with Gasteiger partial charge in [0.2, 0.25) is 11.8 Å². The fourth-order valence-electron chi connectivity index (χ4n) is 4.94. The van der Waals surface area contributed by atoms with Crippen LogP contribution < -0.4 is 5.32 Å². The first-order chi connectivity index (χ1) is 13.3. The minimum Gasteiger partial charge on any atom is -0.466 e. The molecule has 0 radical (unpaired) electrons. The van der Waals surface area contributed by atoms with Crippen molar-refractivity contribution in [3.05, 3.63) is 0 Å². The van der Waals surface area contributed by atoms with Crippen molar-refractivity contribution in [3.63, 3.8) is 0 Å². The zero-order valence-electron chi connectivity index (χ0n) is 16.5. The van der Waals surface area contributed by atoms with Gasteiger partial charge in [-0.3, -0.25) is 14.4 Å². The summed E-state index contributed by atoms with van der Waals surface area (Å²) in [6.07, 6.45) is 1.85. The van der Waals surface area contributed by atoms with Crippen LogP contribution in [-0.2, 0) is 19.1 Å². The molecule has 0 aliphatic carbocycles. The predicted octanol–water partition coefficient (Wildman–Crippen LogP) is 1.31. The maximum absolute atomic E-state index is 13.4. The van der Waals surface area contributed by atoms with Crippen molar-refractivity contribution in [2.75, 3.05) is 19.8 Å². The Morgan fingerprint density at radius 3 is 2.75 bits per heavy atom. The number of hydrogen-bond acceptors (Lipinski definition) is 6. The van der Waals surface area contributed by atoms with Crippen LogP contribution >= 0.6 is 27.7 Å². The molecule has 6 atom stereocenters. The average molecular weight is 477 g/mol. The molecule has 1 spiro atoms. The number of aliphatic hydroxyl groups excluding tert-OH is 1. The predicted molar refractivity (Wildman–Crippen MR) is 110 cm³/mol. The number of alkyl halides is 1. The molecule has 9 heteroatoms. The molecule has 3 heterocycles. The molecular formula is C19H29BrN2O5S. The number of carbonyl (C=O) groups is 3. The number of halogens is 1. The van der Waals surface area contributed by atoms with E-state index in [-0.39, 0.29) is 47.1 Å². The van der Waals surface area contributed by atoms with Gasteiger partial charge in [-0.25, -0.2) is 0 Å². The Bertz CT molecular complexity index is 648. The standard InChI is InChI=1S/C19H29BrN2O5S/c1-4-27-18(26)12-13-17(25)22(7-5-6-8-23)15(16(24)21-10(2)3)19(13)9-11(20)14(12)28-19/h10-15,23H,4-9H2,1-3H3,(H,21,24)/t11?,12-,13-,14-,15?,19?/m0/s1. The lowest BCUT2D eigenvalue weighted by Crippen LogP contribution is -2.55. The number of rotatable bonds is 8. The van der Waals surface area contributed by atoms with Crippen LogP contribution in [0.3, 0.4) is 0 Å². The summed E-state index contributed by atoms with van der Waals surface area (Å²) >= 11 is 5.30. The Morgan fingerprint density at radius 1 is 1.43 bits per heavy atom. The molecule has 3 fully saturated rings. The van der Waals surface area contributed by atoms with E-state index in [4.69, 9.17) is 9.84 Å². The van der Waals surface area contributed by atoms with Gasteiger partial charge in [0.05, 0.1) is 23.2 Å². The van der Waals surface area contributed by atoms with Crippen LogP contribution in [0.25, 0.3) is 0 Å². The minimum absolute atomic E-state index is 0.0402. The molecule has 2 bridgehead atoms. The van der Waals surface area contributed by atoms with Crippen LogP contribution in [0, 0.1) is 11.8 Å². The number of carbonyl (C=O) groups excluding carboxylic acids is 3. The molecule has 0 aromatic carbocycles. The van der Waals surface area contributed by atoms with Crippen molar-refractivity contribution in [1.29, 1.82) is 0 Å². The molecule has 3 rings (SSSR count). The van der Waals surface area contributed by atoms with E-state index in [9.17, 15) is 14.4 Å². The van der Waals surface area contributed by atoms with Crippen LogP contribution in [0.5, 0.6) is 0 Å². The summed E-state index contributed by atoms with van der Waals surface area (Å²) in [5.74, 6) is -1.70.